The molecule has 1 aliphatic rings. The minimum atomic E-state index is -2.66. The highest BCUT2D eigenvalue weighted by atomic mass is 32.2. The summed E-state index contributed by atoms with van der Waals surface area (Å²) < 4.78 is 21.2. The molecular formula is C6H5NO4PS+. The summed E-state index contributed by atoms with van der Waals surface area (Å²) in [5, 5.41) is 0. The lowest BCUT2D eigenvalue weighted by Crippen LogP contribution is -2.06. The fraction of sp³-hybridized carbons (Fsp3) is 0. The standard InChI is InChI=1S/C6H4NO4PS/c8-12(9)11-7-5-3-1-2-4-6(5)10-13-7/h1-4H/p+1. The molecule has 0 radical (unpaired) electrons. The van der Waals surface area contributed by atoms with Crippen LogP contribution in [0.5, 0.6) is 5.75 Å². The van der Waals surface area contributed by atoms with E-state index in [0.29, 0.717) is 11.4 Å². The fourth-order valence-electron chi connectivity index (χ4n) is 0.914. The average molecular weight is 218 g/mol. The second-order valence-electron chi connectivity index (χ2n) is 2.20. The predicted molar refractivity (Wildman–Crippen MR) is 48.1 cm³/mol. The van der Waals surface area contributed by atoms with Gasteiger partial charge in [-0.3, -0.25) is 0 Å². The van der Waals surface area contributed by atoms with Crippen LogP contribution in [0.4, 0.5) is 5.69 Å². The van der Waals surface area contributed by atoms with Gasteiger partial charge >= 0.3 is 8.25 Å². The highest BCUT2D eigenvalue weighted by molar-refractivity contribution is 7.96. The highest BCUT2D eigenvalue weighted by Gasteiger charge is 2.31. The molecule has 1 aromatic rings. The molecule has 0 bridgehead atoms. The van der Waals surface area contributed by atoms with Crippen molar-refractivity contribution >= 4 is 26.2 Å². The third kappa shape index (κ3) is 1.76. The molecule has 0 aromatic heterocycles. The number of hydrogen-bond donors (Lipinski definition) is 1. The van der Waals surface area contributed by atoms with E-state index in [9.17, 15) is 4.57 Å². The zero-order valence-corrected chi connectivity index (χ0v) is 7.99. The molecular weight excluding hydrogens is 213 g/mol. The molecule has 0 saturated carbocycles. The lowest BCUT2D eigenvalue weighted by Gasteiger charge is -2.01. The van der Waals surface area contributed by atoms with Crippen molar-refractivity contribution in [2.24, 2.45) is 0 Å². The first-order chi connectivity index (χ1) is 6.27. The topological polar surface area (TPSA) is 59.0 Å². The normalized spacial score (nSPS) is 15.2. The zero-order chi connectivity index (χ0) is 9.26. The summed E-state index contributed by atoms with van der Waals surface area (Å²) in [5.74, 6) is 0.615. The lowest BCUT2D eigenvalue weighted by molar-refractivity contribution is 0.306. The van der Waals surface area contributed by atoms with Crippen LogP contribution in [0.1, 0.15) is 0 Å². The quantitative estimate of drug-likeness (QED) is 0.465. The van der Waals surface area contributed by atoms with Gasteiger partial charge in [0.05, 0.1) is 0 Å². The summed E-state index contributed by atoms with van der Waals surface area (Å²) >= 11 is 0.867. The van der Waals surface area contributed by atoms with Gasteiger partial charge in [-0.1, -0.05) is 12.1 Å². The summed E-state index contributed by atoms with van der Waals surface area (Å²) in [7, 11) is -2.66. The van der Waals surface area contributed by atoms with Crippen molar-refractivity contribution in [2.45, 2.75) is 0 Å². The van der Waals surface area contributed by atoms with Crippen LogP contribution in [0.3, 0.4) is 0 Å². The van der Waals surface area contributed by atoms with E-state index in [1.165, 1.54) is 0 Å². The molecule has 5 nitrogen and oxygen atoms in total. The second-order valence-corrected chi connectivity index (χ2v) is 3.49. The van der Waals surface area contributed by atoms with Crippen LogP contribution in [-0.4, -0.2) is 4.89 Å². The van der Waals surface area contributed by atoms with E-state index in [2.05, 4.69) is 4.62 Å². The number of anilines is 1. The molecule has 1 heterocycles. The lowest BCUT2D eigenvalue weighted by atomic mass is 10.3. The third-order valence-corrected chi connectivity index (χ3v) is 2.47. The Morgan fingerprint density at radius 2 is 2.31 bits per heavy atom. The van der Waals surface area contributed by atoms with Crippen LogP contribution in [0.25, 0.3) is 0 Å². The molecule has 0 amide bonds. The van der Waals surface area contributed by atoms with E-state index in [1.807, 2.05) is 6.07 Å². The average Bonchev–Trinajstić information content (AvgIpc) is 2.48. The molecule has 1 unspecified atom stereocenters. The van der Waals surface area contributed by atoms with Crippen LogP contribution in [0, 0.1) is 0 Å². The van der Waals surface area contributed by atoms with Gasteiger partial charge in [-0.05, 0) is 12.1 Å². The second kappa shape index (κ2) is 3.51. The summed E-state index contributed by atoms with van der Waals surface area (Å²) in [6, 6.07) is 7.07. The van der Waals surface area contributed by atoms with Crippen molar-refractivity contribution in [3.05, 3.63) is 24.3 Å². The Bertz CT molecular complexity index is 347. The summed E-state index contributed by atoms with van der Waals surface area (Å²) in [5.41, 5.74) is 0.630. The van der Waals surface area contributed by atoms with Crippen molar-refractivity contribution in [3.8, 4) is 5.75 Å². The van der Waals surface area contributed by atoms with Gasteiger partial charge in [-0.15, -0.1) is 9.36 Å². The van der Waals surface area contributed by atoms with Gasteiger partial charge in [0.15, 0.2) is 5.75 Å². The molecule has 1 aromatic carbocycles. The van der Waals surface area contributed by atoms with Crippen LogP contribution in [0.15, 0.2) is 24.3 Å². The first kappa shape index (κ1) is 8.77. The Morgan fingerprint density at radius 1 is 1.54 bits per heavy atom. The Morgan fingerprint density at radius 3 is 3.08 bits per heavy atom. The first-order valence-corrected chi connectivity index (χ1v) is 5.18. The Hall–Kier alpha value is -0.810. The maximum absolute atomic E-state index is 10.4. The number of hydrogen-bond acceptors (Lipinski definition) is 5. The summed E-state index contributed by atoms with van der Waals surface area (Å²) in [4.78, 5) is 8.51. The maximum atomic E-state index is 10.4. The van der Waals surface area contributed by atoms with Gasteiger partial charge in [0.1, 0.15) is 5.69 Å². The van der Waals surface area contributed by atoms with Crippen molar-refractivity contribution in [2.75, 3.05) is 4.47 Å². The van der Waals surface area contributed by atoms with E-state index in [-0.39, 0.29) is 0 Å². The molecule has 7 heteroatoms. The smallest absolute Gasteiger partial charge is 0.401 e. The fourth-order valence-corrected chi connectivity index (χ4v) is 1.93. The largest absolute Gasteiger partial charge is 0.720 e. The minimum absolute atomic E-state index is 0.615. The van der Waals surface area contributed by atoms with Crippen LogP contribution < -0.4 is 8.65 Å². The molecule has 68 valence electrons. The van der Waals surface area contributed by atoms with Crippen molar-refractivity contribution in [1.82, 2.24) is 0 Å². The molecule has 0 aliphatic carbocycles. The Kier molecular flexibility index (Phi) is 2.37. The van der Waals surface area contributed by atoms with Gasteiger partial charge in [-0.2, -0.15) is 0 Å². The van der Waals surface area contributed by atoms with Crippen LogP contribution in [0.2, 0.25) is 0 Å². The van der Waals surface area contributed by atoms with E-state index >= 15 is 0 Å². The zero-order valence-electron chi connectivity index (χ0n) is 6.28. The Balaban J connectivity index is 2.23. The van der Waals surface area contributed by atoms with Crippen LogP contribution >= 0.6 is 20.5 Å². The number of para-hydroxylation sites is 2. The number of rotatable bonds is 2. The van der Waals surface area contributed by atoms with E-state index in [0.717, 1.165) is 16.7 Å². The van der Waals surface area contributed by atoms with Gasteiger partial charge in [0.2, 0.25) is 12.2 Å². The molecule has 1 atom stereocenters. The van der Waals surface area contributed by atoms with Gasteiger partial charge < -0.3 is 4.18 Å². The Labute approximate surface area is 79.5 Å². The summed E-state index contributed by atoms with van der Waals surface area (Å²) in [6.45, 7) is 0. The number of fused-ring (bicyclic) bond motifs is 1. The molecule has 1 aliphatic heterocycles. The van der Waals surface area contributed by atoms with Gasteiger partial charge in [0.25, 0.3) is 0 Å². The minimum Gasteiger partial charge on any atom is -0.401 e. The third-order valence-electron chi connectivity index (χ3n) is 1.40. The molecule has 1 N–H and O–H groups in total. The van der Waals surface area contributed by atoms with E-state index in [4.69, 9.17) is 9.08 Å². The molecule has 0 saturated heterocycles. The predicted octanol–water partition coefficient (Wildman–Crippen LogP) is 2.03. The number of benzene rings is 1. The van der Waals surface area contributed by atoms with Crippen molar-refractivity contribution < 1.29 is 18.3 Å². The van der Waals surface area contributed by atoms with Crippen LogP contribution in [-0.2, 0) is 9.19 Å². The summed E-state index contributed by atoms with van der Waals surface area (Å²) in [6.07, 6.45) is 0. The van der Waals surface area contributed by atoms with Gasteiger partial charge in [-0.25, -0.2) is 0 Å². The van der Waals surface area contributed by atoms with E-state index in [1.54, 1.807) is 18.2 Å². The van der Waals surface area contributed by atoms with Crippen molar-refractivity contribution in [1.29, 1.82) is 0 Å². The number of nitrogens with zero attached hydrogens (tertiary/aromatic N) is 1. The van der Waals surface area contributed by atoms with Gasteiger partial charge in [0, 0.05) is 9.19 Å². The SMILES string of the molecule is O=[P+](O)ON1SOc2ccccc21. The maximum Gasteiger partial charge on any atom is 0.720 e. The molecule has 13 heavy (non-hydrogen) atoms. The molecule has 2 rings (SSSR count). The first-order valence-electron chi connectivity index (χ1n) is 3.35. The highest BCUT2D eigenvalue weighted by Crippen LogP contribution is 2.43. The molecule has 0 fully saturated rings. The molecule has 0 spiro atoms. The monoisotopic (exact) mass is 218 g/mol. The van der Waals surface area contributed by atoms with Crippen molar-refractivity contribution in [3.63, 3.8) is 0 Å². The van der Waals surface area contributed by atoms with E-state index < -0.39 is 8.25 Å².